The Morgan fingerprint density at radius 2 is 1.83 bits per heavy atom. The average Bonchev–Trinajstić information content (AvgIpc) is 3.29. The summed E-state index contributed by atoms with van der Waals surface area (Å²) in [6.45, 7) is 1.89. The van der Waals surface area contributed by atoms with Gasteiger partial charge in [-0.1, -0.05) is 41.5 Å². The van der Waals surface area contributed by atoms with Crippen LogP contribution in [0.4, 0.5) is 6.01 Å². The zero-order valence-corrected chi connectivity index (χ0v) is 16.4. The van der Waals surface area contributed by atoms with Crippen molar-refractivity contribution in [1.82, 2.24) is 15.5 Å². The normalized spacial score (nSPS) is 14.6. The number of piperidine rings is 1. The second kappa shape index (κ2) is 8.77. The van der Waals surface area contributed by atoms with E-state index in [9.17, 15) is 4.79 Å². The zero-order chi connectivity index (χ0) is 20.1. The minimum absolute atomic E-state index is 0.0162. The minimum atomic E-state index is -0.0162. The van der Waals surface area contributed by atoms with Gasteiger partial charge in [-0.15, -0.1) is 5.10 Å². The molecular formula is C22H24N4O3. The molecule has 2 heterocycles. The van der Waals surface area contributed by atoms with E-state index in [2.05, 4.69) is 15.5 Å². The van der Waals surface area contributed by atoms with Crippen LogP contribution in [0.1, 0.15) is 18.4 Å². The number of carbonyl (C=O) groups excluding carboxylic acids is 1. The van der Waals surface area contributed by atoms with Gasteiger partial charge < -0.3 is 19.4 Å². The van der Waals surface area contributed by atoms with Gasteiger partial charge in [-0.2, -0.15) is 0 Å². The molecule has 1 fully saturated rings. The van der Waals surface area contributed by atoms with E-state index in [1.54, 1.807) is 7.11 Å². The van der Waals surface area contributed by atoms with Crippen LogP contribution in [0.5, 0.6) is 5.75 Å². The van der Waals surface area contributed by atoms with E-state index >= 15 is 0 Å². The number of nitrogens with one attached hydrogen (secondary N) is 1. The van der Waals surface area contributed by atoms with Gasteiger partial charge in [0.1, 0.15) is 5.75 Å². The number of amides is 1. The Hall–Kier alpha value is -3.35. The van der Waals surface area contributed by atoms with Crippen LogP contribution < -0.4 is 15.0 Å². The molecule has 150 valence electrons. The zero-order valence-electron chi connectivity index (χ0n) is 16.4. The lowest BCUT2D eigenvalue weighted by molar-refractivity contribution is -0.125. The summed E-state index contributed by atoms with van der Waals surface area (Å²) in [7, 11) is 1.64. The number of methoxy groups -OCH3 is 1. The van der Waals surface area contributed by atoms with Gasteiger partial charge in [-0.05, 0) is 31.0 Å². The van der Waals surface area contributed by atoms with Gasteiger partial charge in [-0.25, -0.2) is 0 Å². The maximum Gasteiger partial charge on any atom is 0.318 e. The Morgan fingerprint density at radius 1 is 1.10 bits per heavy atom. The fraction of sp³-hybridized carbons (Fsp3) is 0.318. The maximum atomic E-state index is 12.6. The molecule has 0 spiro atoms. The third-order valence-electron chi connectivity index (χ3n) is 5.22. The Balaban J connectivity index is 1.30. The van der Waals surface area contributed by atoms with Crippen LogP contribution in [-0.4, -0.2) is 36.3 Å². The predicted molar refractivity (Wildman–Crippen MR) is 110 cm³/mol. The Kier molecular flexibility index (Phi) is 5.74. The summed E-state index contributed by atoms with van der Waals surface area (Å²) in [6.07, 6.45) is 1.50. The van der Waals surface area contributed by atoms with Gasteiger partial charge in [0, 0.05) is 36.7 Å². The van der Waals surface area contributed by atoms with Crippen molar-refractivity contribution in [3.05, 3.63) is 60.2 Å². The summed E-state index contributed by atoms with van der Waals surface area (Å²) < 4.78 is 11.2. The number of hydrogen-bond acceptors (Lipinski definition) is 6. The molecule has 4 rings (SSSR count). The monoisotopic (exact) mass is 392 g/mol. The summed E-state index contributed by atoms with van der Waals surface area (Å²) >= 11 is 0. The highest BCUT2D eigenvalue weighted by molar-refractivity contribution is 5.79. The molecule has 0 atom stereocenters. The highest BCUT2D eigenvalue weighted by atomic mass is 16.5. The van der Waals surface area contributed by atoms with E-state index in [-0.39, 0.29) is 11.8 Å². The predicted octanol–water partition coefficient (Wildman–Crippen LogP) is 3.28. The lowest BCUT2D eigenvalue weighted by atomic mass is 9.96. The number of aromatic nitrogens is 2. The number of rotatable bonds is 6. The van der Waals surface area contributed by atoms with Gasteiger partial charge in [0.15, 0.2) is 0 Å². The Labute approximate surface area is 169 Å². The molecule has 1 aliphatic rings. The third-order valence-corrected chi connectivity index (χ3v) is 5.22. The fourth-order valence-electron chi connectivity index (χ4n) is 3.55. The number of para-hydroxylation sites is 1. The molecule has 7 nitrogen and oxygen atoms in total. The van der Waals surface area contributed by atoms with E-state index in [0.717, 1.165) is 29.7 Å². The fourth-order valence-corrected chi connectivity index (χ4v) is 3.55. The molecule has 1 amide bonds. The SMILES string of the molecule is COc1ccccc1CNC(=O)C1CCN(c2nnc(-c3ccccc3)o2)CC1. The molecule has 0 unspecified atom stereocenters. The molecule has 1 N–H and O–H groups in total. The van der Waals surface area contributed by atoms with Crippen molar-refractivity contribution in [2.45, 2.75) is 19.4 Å². The van der Waals surface area contributed by atoms with Crippen LogP contribution in [0.2, 0.25) is 0 Å². The first-order chi connectivity index (χ1) is 14.2. The van der Waals surface area contributed by atoms with Crippen LogP contribution in [0.15, 0.2) is 59.0 Å². The number of nitrogens with zero attached hydrogens (tertiary/aromatic N) is 3. The maximum absolute atomic E-state index is 12.6. The molecule has 0 radical (unpaired) electrons. The first-order valence-electron chi connectivity index (χ1n) is 9.78. The van der Waals surface area contributed by atoms with Gasteiger partial charge >= 0.3 is 6.01 Å². The first kappa shape index (κ1) is 19.0. The second-order valence-corrected chi connectivity index (χ2v) is 7.05. The minimum Gasteiger partial charge on any atom is -0.496 e. The van der Waals surface area contributed by atoms with Crippen molar-refractivity contribution < 1.29 is 13.9 Å². The second-order valence-electron chi connectivity index (χ2n) is 7.05. The molecule has 1 saturated heterocycles. The van der Waals surface area contributed by atoms with Crippen LogP contribution in [0.25, 0.3) is 11.5 Å². The summed E-state index contributed by atoms with van der Waals surface area (Å²) in [5.74, 6) is 1.36. The van der Waals surface area contributed by atoms with Crippen LogP contribution in [-0.2, 0) is 11.3 Å². The number of carbonyl (C=O) groups is 1. The molecule has 1 aliphatic heterocycles. The first-order valence-corrected chi connectivity index (χ1v) is 9.78. The molecule has 3 aromatic rings. The number of hydrogen-bond donors (Lipinski definition) is 1. The van der Waals surface area contributed by atoms with Crippen LogP contribution in [0.3, 0.4) is 0 Å². The van der Waals surface area contributed by atoms with Gasteiger partial charge in [0.2, 0.25) is 11.8 Å². The third kappa shape index (κ3) is 4.39. The Morgan fingerprint density at radius 3 is 2.59 bits per heavy atom. The van der Waals surface area contributed by atoms with Crippen molar-refractivity contribution in [1.29, 1.82) is 0 Å². The van der Waals surface area contributed by atoms with E-state index in [1.807, 2.05) is 59.5 Å². The van der Waals surface area contributed by atoms with Crippen LogP contribution >= 0.6 is 0 Å². The molecular weight excluding hydrogens is 368 g/mol. The van der Waals surface area contributed by atoms with Crippen molar-refractivity contribution in [2.75, 3.05) is 25.1 Å². The average molecular weight is 392 g/mol. The number of anilines is 1. The van der Waals surface area contributed by atoms with Gasteiger partial charge in [0.05, 0.1) is 7.11 Å². The van der Waals surface area contributed by atoms with Crippen molar-refractivity contribution >= 4 is 11.9 Å². The smallest absolute Gasteiger partial charge is 0.318 e. The van der Waals surface area contributed by atoms with Crippen molar-refractivity contribution in [3.8, 4) is 17.2 Å². The summed E-state index contributed by atoms with van der Waals surface area (Å²) in [6, 6.07) is 17.9. The van der Waals surface area contributed by atoms with Gasteiger partial charge in [-0.3, -0.25) is 4.79 Å². The molecule has 0 aliphatic carbocycles. The highest BCUT2D eigenvalue weighted by Crippen LogP contribution is 2.26. The van der Waals surface area contributed by atoms with E-state index in [1.165, 1.54) is 0 Å². The molecule has 0 saturated carbocycles. The van der Waals surface area contributed by atoms with Crippen molar-refractivity contribution in [3.63, 3.8) is 0 Å². The number of ether oxygens (including phenoxy) is 1. The Bertz CT molecular complexity index is 949. The van der Waals surface area contributed by atoms with E-state index in [0.29, 0.717) is 31.5 Å². The number of benzene rings is 2. The largest absolute Gasteiger partial charge is 0.496 e. The summed E-state index contributed by atoms with van der Waals surface area (Å²) in [5, 5.41) is 11.4. The topological polar surface area (TPSA) is 80.5 Å². The molecule has 7 heteroatoms. The highest BCUT2D eigenvalue weighted by Gasteiger charge is 2.27. The van der Waals surface area contributed by atoms with Crippen LogP contribution in [0, 0.1) is 5.92 Å². The quantitative estimate of drug-likeness (QED) is 0.693. The van der Waals surface area contributed by atoms with Gasteiger partial charge in [0.25, 0.3) is 0 Å². The molecule has 1 aromatic heterocycles. The molecule has 0 bridgehead atoms. The van der Waals surface area contributed by atoms with E-state index < -0.39 is 0 Å². The summed E-state index contributed by atoms with van der Waals surface area (Å²) in [4.78, 5) is 14.6. The van der Waals surface area contributed by atoms with E-state index in [4.69, 9.17) is 9.15 Å². The molecule has 2 aromatic carbocycles. The standard InChI is InChI=1S/C22H24N4O3/c1-28-19-10-6-5-9-18(19)15-23-20(27)16-11-13-26(14-12-16)22-25-24-21(29-22)17-7-3-2-4-8-17/h2-10,16H,11-15H2,1H3,(H,23,27). The lowest BCUT2D eigenvalue weighted by Gasteiger charge is -2.29. The summed E-state index contributed by atoms with van der Waals surface area (Å²) in [5.41, 5.74) is 1.87. The lowest BCUT2D eigenvalue weighted by Crippen LogP contribution is -2.40. The van der Waals surface area contributed by atoms with Crippen molar-refractivity contribution in [2.24, 2.45) is 5.92 Å². The molecule has 29 heavy (non-hydrogen) atoms.